The summed E-state index contributed by atoms with van der Waals surface area (Å²) in [7, 11) is 2.12. The Labute approximate surface area is 117 Å². The van der Waals surface area contributed by atoms with Gasteiger partial charge in [-0.25, -0.2) is 4.98 Å². The van der Waals surface area contributed by atoms with Crippen molar-refractivity contribution in [3.63, 3.8) is 0 Å². The zero-order chi connectivity index (χ0) is 13.2. The Morgan fingerprint density at radius 1 is 1.00 bits per heavy atom. The van der Waals surface area contributed by atoms with E-state index in [1.165, 1.54) is 16.6 Å². The van der Waals surface area contributed by atoms with Crippen molar-refractivity contribution < 1.29 is 0 Å². The number of nitrogens with zero attached hydrogens (tertiary/aromatic N) is 1. The van der Waals surface area contributed by atoms with Gasteiger partial charge in [0.1, 0.15) is 12.9 Å². The number of nitrogen functional groups attached to an aromatic ring is 1. The fourth-order valence-electron chi connectivity index (χ4n) is 2.09. The molecule has 3 aromatic rings. The van der Waals surface area contributed by atoms with Gasteiger partial charge in [0.05, 0.1) is 0 Å². The van der Waals surface area contributed by atoms with Crippen LogP contribution in [0.1, 0.15) is 0 Å². The van der Waals surface area contributed by atoms with Crippen LogP contribution >= 0.6 is 11.3 Å². The fourth-order valence-corrected chi connectivity index (χ4v) is 2.73. The van der Waals surface area contributed by atoms with Gasteiger partial charge >= 0.3 is 0 Å². The highest BCUT2D eigenvalue weighted by atomic mass is 32.1. The van der Waals surface area contributed by atoms with Gasteiger partial charge in [0, 0.05) is 22.8 Å². The summed E-state index contributed by atoms with van der Waals surface area (Å²) in [5, 5.41) is 3.05. The van der Waals surface area contributed by atoms with E-state index in [0.717, 1.165) is 16.3 Å². The third-order valence-corrected chi connectivity index (χ3v) is 3.96. The van der Waals surface area contributed by atoms with Crippen molar-refractivity contribution in [2.24, 2.45) is 0 Å². The van der Waals surface area contributed by atoms with Crippen LogP contribution in [0.25, 0.3) is 21.7 Å². The summed E-state index contributed by atoms with van der Waals surface area (Å²) in [6.45, 7) is 0. The number of hydrogen-bond donors (Lipinski definition) is 1. The first-order chi connectivity index (χ1) is 9.24. The van der Waals surface area contributed by atoms with Gasteiger partial charge < -0.3 is 5.73 Å². The lowest BCUT2D eigenvalue weighted by Crippen LogP contribution is -2.06. The molecular weight excluding hydrogens is 251 g/mol. The molecule has 0 spiro atoms. The van der Waals surface area contributed by atoms with E-state index in [1.54, 1.807) is 11.3 Å². The van der Waals surface area contributed by atoms with Crippen molar-refractivity contribution in [2.75, 3.05) is 5.73 Å². The molecule has 0 aliphatic carbocycles. The molecule has 92 valence electrons. The van der Waals surface area contributed by atoms with Crippen LogP contribution in [0.2, 0.25) is 0 Å². The monoisotopic (exact) mass is 264 g/mol. The number of hydrogen-bond acceptors (Lipinski definition) is 3. The summed E-state index contributed by atoms with van der Waals surface area (Å²) >= 11 is 1.66. The summed E-state index contributed by atoms with van der Waals surface area (Å²) in [6, 6.07) is 14.4. The van der Waals surface area contributed by atoms with Crippen molar-refractivity contribution in [3.05, 3.63) is 54.0 Å². The van der Waals surface area contributed by atoms with Gasteiger partial charge in [-0.2, -0.15) is 0 Å². The third-order valence-electron chi connectivity index (χ3n) is 3.14. The minimum Gasteiger partial charge on any atom is -0.399 e. The van der Waals surface area contributed by atoms with Crippen molar-refractivity contribution in [1.82, 2.24) is 4.98 Å². The molecule has 0 aliphatic rings. The Morgan fingerprint density at radius 2 is 1.74 bits per heavy atom. The van der Waals surface area contributed by atoms with E-state index < -0.39 is 0 Å². The molecule has 0 fully saturated rings. The molecule has 0 bridgehead atoms. The number of benzene rings is 2. The number of nitrogens with two attached hydrogens (primary N) is 1. The average molecular weight is 264 g/mol. The molecule has 1 aromatic heterocycles. The lowest BCUT2D eigenvalue weighted by Gasteiger charge is -2.08. The molecule has 0 atom stereocenters. The van der Waals surface area contributed by atoms with E-state index in [1.807, 2.05) is 23.7 Å². The zero-order valence-electron chi connectivity index (χ0n) is 10.6. The molecular formula is C15H13BN2S. The van der Waals surface area contributed by atoms with Gasteiger partial charge in [-0.05, 0) is 29.3 Å². The number of aromatic nitrogens is 1. The fraction of sp³-hybridized carbons (Fsp3) is 0. The van der Waals surface area contributed by atoms with E-state index in [-0.39, 0.29) is 0 Å². The van der Waals surface area contributed by atoms with Crippen LogP contribution in [-0.4, -0.2) is 12.8 Å². The Bertz CT molecular complexity index is 691. The highest BCUT2D eigenvalue weighted by Crippen LogP contribution is 2.26. The van der Waals surface area contributed by atoms with Crippen molar-refractivity contribution in [3.8, 4) is 21.7 Å². The Balaban J connectivity index is 2.10. The van der Waals surface area contributed by atoms with Crippen molar-refractivity contribution >= 4 is 30.3 Å². The Kier molecular flexibility index (Phi) is 3.09. The molecule has 0 saturated heterocycles. The Morgan fingerprint density at radius 3 is 2.42 bits per heavy atom. The predicted molar refractivity (Wildman–Crippen MR) is 85.6 cm³/mol. The van der Waals surface area contributed by atoms with Gasteiger partial charge in [-0.1, -0.05) is 29.7 Å². The van der Waals surface area contributed by atoms with Crippen LogP contribution in [0.15, 0.2) is 54.0 Å². The lowest BCUT2D eigenvalue weighted by molar-refractivity contribution is 1.42. The topological polar surface area (TPSA) is 38.9 Å². The number of rotatable bonds is 2. The molecule has 0 aliphatic heterocycles. The maximum atomic E-state index is 5.74. The molecule has 4 heteroatoms. The molecule has 0 radical (unpaired) electrons. The van der Waals surface area contributed by atoms with Gasteiger partial charge in [-0.3, -0.25) is 0 Å². The smallest absolute Gasteiger partial charge is 0.140 e. The normalized spacial score (nSPS) is 10.5. The molecule has 19 heavy (non-hydrogen) atoms. The second-order valence-corrected chi connectivity index (χ2v) is 5.38. The maximum Gasteiger partial charge on any atom is 0.140 e. The third kappa shape index (κ3) is 2.40. The van der Waals surface area contributed by atoms with Crippen LogP contribution in [0, 0.1) is 0 Å². The Hall–Kier alpha value is -2.07. The van der Waals surface area contributed by atoms with Crippen LogP contribution in [0.3, 0.4) is 0 Å². The molecule has 0 amide bonds. The molecule has 2 N–H and O–H groups in total. The summed E-state index contributed by atoms with van der Waals surface area (Å²) < 4.78 is 0. The van der Waals surface area contributed by atoms with Gasteiger partial charge in [0.25, 0.3) is 0 Å². The van der Waals surface area contributed by atoms with Crippen LogP contribution in [0.4, 0.5) is 5.69 Å². The molecule has 2 aromatic carbocycles. The van der Waals surface area contributed by atoms with E-state index in [0.29, 0.717) is 0 Å². The molecule has 3 rings (SSSR count). The predicted octanol–water partition coefficient (Wildman–Crippen LogP) is 2.32. The molecule has 1 heterocycles. The maximum absolute atomic E-state index is 5.74. The molecule has 0 unspecified atom stereocenters. The standard InChI is InChI=1S/C15H13BN2S/c16-14-6-3-11(15-18-7-8-19-15)9-13(14)10-1-4-12(17)5-2-10/h1-9H,16-17H2. The van der Waals surface area contributed by atoms with E-state index in [2.05, 4.69) is 43.2 Å². The van der Waals surface area contributed by atoms with Crippen LogP contribution in [-0.2, 0) is 0 Å². The van der Waals surface area contributed by atoms with Crippen LogP contribution < -0.4 is 11.2 Å². The summed E-state index contributed by atoms with van der Waals surface area (Å²) in [5.74, 6) is 0. The SMILES string of the molecule is Bc1ccc(-c2nccs2)cc1-c1ccc(N)cc1. The zero-order valence-corrected chi connectivity index (χ0v) is 11.4. The lowest BCUT2D eigenvalue weighted by atomic mass is 9.86. The summed E-state index contributed by atoms with van der Waals surface area (Å²) in [4.78, 5) is 4.36. The van der Waals surface area contributed by atoms with Crippen molar-refractivity contribution in [2.45, 2.75) is 0 Å². The minimum absolute atomic E-state index is 0.789. The van der Waals surface area contributed by atoms with E-state index in [9.17, 15) is 0 Å². The summed E-state index contributed by atoms with van der Waals surface area (Å²) in [5.41, 5.74) is 11.4. The number of anilines is 1. The second kappa shape index (κ2) is 4.90. The highest BCUT2D eigenvalue weighted by molar-refractivity contribution is 7.13. The molecule has 0 saturated carbocycles. The minimum atomic E-state index is 0.789. The van der Waals surface area contributed by atoms with Gasteiger partial charge in [-0.15, -0.1) is 11.3 Å². The van der Waals surface area contributed by atoms with Gasteiger partial charge in [0.15, 0.2) is 0 Å². The van der Waals surface area contributed by atoms with Gasteiger partial charge in [0.2, 0.25) is 0 Å². The number of thiazole rings is 1. The van der Waals surface area contributed by atoms with Crippen LogP contribution in [0.5, 0.6) is 0 Å². The second-order valence-electron chi connectivity index (χ2n) is 4.49. The molecule has 2 nitrogen and oxygen atoms in total. The van der Waals surface area contributed by atoms with E-state index >= 15 is 0 Å². The first-order valence-corrected chi connectivity index (χ1v) is 6.98. The van der Waals surface area contributed by atoms with E-state index in [4.69, 9.17) is 5.73 Å². The largest absolute Gasteiger partial charge is 0.399 e. The average Bonchev–Trinajstić information content (AvgIpc) is 2.94. The first kappa shape index (κ1) is 12.0. The first-order valence-electron chi connectivity index (χ1n) is 6.10. The highest BCUT2D eigenvalue weighted by Gasteiger charge is 2.06. The summed E-state index contributed by atoms with van der Waals surface area (Å²) in [6.07, 6.45) is 1.84. The quantitative estimate of drug-likeness (QED) is 0.570. The van der Waals surface area contributed by atoms with Crippen molar-refractivity contribution in [1.29, 1.82) is 0 Å².